The second-order valence-corrected chi connectivity index (χ2v) is 5.14. The van der Waals surface area contributed by atoms with Crippen molar-refractivity contribution in [2.45, 2.75) is 56.9 Å². The largest absolute Gasteiger partial charge is 0.480 e. The average molecular weight is 225 g/mol. The molecule has 0 unspecified atom stereocenters. The Labute approximate surface area is 95.4 Å². The molecule has 16 heavy (non-hydrogen) atoms. The zero-order chi connectivity index (χ0) is 11.6. The molecule has 0 radical (unpaired) electrons. The smallest absolute Gasteiger partial charge is 0.329 e. The van der Waals surface area contributed by atoms with Gasteiger partial charge in [0.15, 0.2) is 0 Å². The van der Waals surface area contributed by atoms with Crippen molar-refractivity contribution in [2.75, 3.05) is 0 Å². The van der Waals surface area contributed by atoms with Crippen molar-refractivity contribution >= 4 is 11.9 Å². The minimum absolute atomic E-state index is 0.0750. The molecule has 2 aliphatic carbocycles. The van der Waals surface area contributed by atoms with Gasteiger partial charge in [-0.05, 0) is 38.0 Å². The van der Waals surface area contributed by atoms with Crippen LogP contribution in [-0.2, 0) is 9.59 Å². The van der Waals surface area contributed by atoms with Gasteiger partial charge in [0.25, 0.3) is 0 Å². The van der Waals surface area contributed by atoms with Gasteiger partial charge in [-0.3, -0.25) is 4.79 Å². The molecule has 0 aromatic heterocycles. The van der Waals surface area contributed by atoms with E-state index in [0.717, 1.165) is 19.3 Å². The molecule has 0 saturated heterocycles. The number of aliphatic carboxylic acids is 1. The summed E-state index contributed by atoms with van der Waals surface area (Å²) in [5, 5.41) is 11.8. The highest BCUT2D eigenvalue weighted by Gasteiger charge is 2.45. The number of nitrogens with one attached hydrogen (secondary N) is 1. The number of carboxylic acid groups (broad SMARTS) is 1. The van der Waals surface area contributed by atoms with Gasteiger partial charge in [-0.25, -0.2) is 4.79 Å². The predicted molar refractivity (Wildman–Crippen MR) is 58.9 cm³/mol. The van der Waals surface area contributed by atoms with Crippen LogP contribution in [0.15, 0.2) is 0 Å². The average Bonchev–Trinajstić information content (AvgIpc) is 2.63. The molecule has 0 atom stereocenters. The molecule has 0 heterocycles. The minimum Gasteiger partial charge on any atom is -0.480 e. The number of carbonyl (C=O) groups excluding carboxylic acids is 1. The Bertz CT molecular complexity index is 291. The molecule has 0 aliphatic heterocycles. The lowest BCUT2D eigenvalue weighted by Crippen LogP contribution is -2.59. The van der Waals surface area contributed by atoms with E-state index in [0.29, 0.717) is 25.2 Å². The van der Waals surface area contributed by atoms with Crippen molar-refractivity contribution < 1.29 is 14.7 Å². The Hall–Kier alpha value is -1.06. The molecule has 2 fully saturated rings. The molecule has 0 bridgehead atoms. The molecule has 2 N–H and O–H groups in total. The first-order valence-corrected chi connectivity index (χ1v) is 6.17. The molecule has 2 rings (SSSR count). The van der Waals surface area contributed by atoms with Gasteiger partial charge in [0, 0.05) is 6.42 Å². The summed E-state index contributed by atoms with van der Waals surface area (Å²) < 4.78 is 0. The van der Waals surface area contributed by atoms with Crippen LogP contribution in [0.4, 0.5) is 0 Å². The van der Waals surface area contributed by atoms with E-state index in [9.17, 15) is 9.59 Å². The van der Waals surface area contributed by atoms with Gasteiger partial charge in [-0.1, -0.05) is 12.8 Å². The summed E-state index contributed by atoms with van der Waals surface area (Å²) in [7, 11) is 0. The molecule has 4 heteroatoms. The van der Waals surface area contributed by atoms with Crippen molar-refractivity contribution in [3.05, 3.63) is 0 Å². The van der Waals surface area contributed by atoms with Crippen molar-refractivity contribution in [1.29, 1.82) is 0 Å². The lowest BCUT2D eigenvalue weighted by molar-refractivity contribution is -0.151. The fourth-order valence-electron chi connectivity index (χ4n) is 2.72. The van der Waals surface area contributed by atoms with E-state index in [1.54, 1.807) is 0 Å². The van der Waals surface area contributed by atoms with E-state index < -0.39 is 11.5 Å². The summed E-state index contributed by atoms with van der Waals surface area (Å²) in [5.41, 5.74) is -0.935. The standard InChI is InChI=1S/C12H19NO3/c14-10(8-9-4-1-2-5-9)13-12(11(15)16)6-3-7-12/h9H,1-8H2,(H,13,14)(H,15,16). The van der Waals surface area contributed by atoms with Crippen LogP contribution in [0.2, 0.25) is 0 Å². The van der Waals surface area contributed by atoms with Gasteiger partial charge in [0.1, 0.15) is 5.54 Å². The van der Waals surface area contributed by atoms with Crippen LogP contribution in [0.3, 0.4) is 0 Å². The Kier molecular flexibility index (Phi) is 3.17. The van der Waals surface area contributed by atoms with Gasteiger partial charge < -0.3 is 10.4 Å². The first-order chi connectivity index (χ1) is 7.62. The molecular formula is C12H19NO3. The lowest BCUT2D eigenvalue weighted by atomic mass is 9.76. The topological polar surface area (TPSA) is 66.4 Å². The van der Waals surface area contributed by atoms with Crippen LogP contribution in [0, 0.1) is 5.92 Å². The van der Waals surface area contributed by atoms with Crippen LogP contribution < -0.4 is 5.32 Å². The maximum absolute atomic E-state index is 11.7. The number of rotatable bonds is 4. The SMILES string of the molecule is O=C(CC1CCCC1)NC1(C(=O)O)CCC1. The van der Waals surface area contributed by atoms with Gasteiger partial charge in [0.2, 0.25) is 5.91 Å². The number of amides is 1. The zero-order valence-corrected chi connectivity index (χ0v) is 9.50. The Balaban J connectivity index is 1.83. The van der Waals surface area contributed by atoms with Gasteiger partial charge >= 0.3 is 5.97 Å². The summed E-state index contributed by atoms with van der Waals surface area (Å²) in [5.74, 6) is -0.474. The van der Waals surface area contributed by atoms with E-state index in [1.807, 2.05) is 0 Å². The minimum atomic E-state index is -0.935. The predicted octanol–water partition coefficient (Wildman–Crippen LogP) is 1.69. The fourth-order valence-corrected chi connectivity index (χ4v) is 2.72. The van der Waals surface area contributed by atoms with Gasteiger partial charge in [-0.2, -0.15) is 0 Å². The molecular weight excluding hydrogens is 206 g/mol. The maximum Gasteiger partial charge on any atom is 0.329 e. The Morgan fingerprint density at radius 2 is 1.81 bits per heavy atom. The monoisotopic (exact) mass is 225 g/mol. The summed E-state index contributed by atoms with van der Waals surface area (Å²) in [6, 6.07) is 0. The van der Waals surface area contributed by atoms with Crippen LogP contribution in [0.1, 0.15) is 51.4 Å². The fraction of sp³-hybridized carbons (Fsp3) is 0.833. The lowest BCUT2D eigenvalue weighted by Gasteiger charge is -2.38. The van der Waals surface area contributed by atoms with Gasteiger partial charge in [-0.15, -0.1) is 0 Å². The summed E-state index contributed by atoms with van der Waals surface area (Å²) >= 11 is 0. The third kappa shape index (κ3) is 2.20. The van der Waals surface area contributed by atoms with E-state index in [1.165, 1.54) is 12.8 Å². The quantitative estimate of drug-likeness (QED) is 0.765. The zero-order valence-electron chi connectivity index (χ0n) is 9.50. The highest BCUT2D eigenvalue weighted by molar-refractivity contribution is 5.87. The van der Waals surface area contributed by atoms with Crippen LogP contribution in [0.25, 0.3) is 0 Å². The molecule has 0 aromatic rings. The molecule has 0 spiro atoms. The van der Waals surface area contributed by atoms with Gasteiger partial charge in [0.05, 0.1) is 0 Å². The highest BCUT2D eigenvalue weighted by Crippen LogP contribution is 2.33. The summed E-state index contributed by atoms with van der Waals surface area (Å²) in [6.45, 7) is 0. The normalized spacial score (nSPS) is 23.8. The van der Waals surface area contributed by atoms with E-state index >= 15 is 0 Å². The Morgan fingerprint density at radius 3 is 2.25 bits per heavy atom. The second-order valence-electron chi connectivity index (χ2n) is 5.14. The summed E-state index contributed by atoms with van der Waals surface area (Å²) in [6.07, 6.45) is 7.23. The Morgan fingerprint density at radius 1 is 1.19 bits per heavy atom. The molecule has 2 aliphatic rings. The van der Waals surface area contributed by atoms with E-state index in [2.05, 4.69) is 5.32 Å². The van der Waals surface area contributed by atoms with Crippen molar-refractivity contribution in [3.8, 4) is 0 Å². The number of hydrogen-bond donors (Lipinski definition) is 2. The van der Waals surface area contributed by atoms with Crippen LogP contribution >= 0.6 is 0 Å². The van der Waals surface area contributed by atoms with Crippen LogP contribution in [-0.4, -0.2) is 22.5 Å². The van der Waals surface area contributed by atoms with E-state index in [4.69, 9.17) is 5.11 Å². The molecule has 4 nitrogen and oxygen atoms in total. The van der Waals surface area contributed by atoms with Crippen LogP contribution in [0.5, 0.6) is 0 Å². The first-order valence-electron chi connectivity index (χ1n) is 6.17. The number of hydrogen-bond acceptors (Lipinski definition) is 2. The molecule has 0 aromatic carbocycles. The summed E-state index contributed by atoms with van der Waals surface area (Å²) in [4.78, 5) is 22.8. The van der Waals surface area contributed by atoms with Crippen molar-refractivity contribution in [2.24, 2.45) is 5.92 Å². The second kappa shape index (κ2) is 4.44. The highest BCUT2D eigenvalue weighted by atomic mass is 16.4. The molecule has 90 valence electrons. The third-order valence-electron chi connectivity index (χ3n) is 3.94. The molecule has 1 amide bonds. The van der Waals surface area contributed by atoms with Crippen molar-refractivity contribution in [3.63, 3.8) is 0 Å². The molecule has 2 saturated carbocycles. The number of carboxylic acids is 1. The third-order valence-corrected chi connectivity index (χ3v) is 3.94. The van der Waals surface area contributed by atoms with E-state index in [-0.39, 0.29) is 5.91 Å². The maximum atomic E-state index is 11.7. The number of carbonyl (C=O) groups is 2. The van der Waals surface area contributed by atoms with Crippen molar-refractivity contribution in [1.82, 2.24) is 5.32 Å². The first kappa shape index (κ1) is 11.4.